The number of rotatable bonds is 7. The van der Waals surface area contributed by atoms with Crippen molar-refractivity contribution in [3.05, 3.63) is 57.1 Å². The molecule has 0 bridgehead atoms. The number of aryl methyl sites for hydroxylation is 1. The van der Waals surface area contributed by atoms with Gasteiger partial charge in [0.25, 0.3) is 0 Å². The summed E-state index contributed by atoms with van der Waals surface area (Å²) in [5.41, 5.74) is 0.659. The van der Waals surface area contributed by atoms with Crippen molar-refractivity contribution in [1.82, 2.24) is 9.97 Å². The molecule has 190 valence electrons. The number of carbonyl (C=O) groups is 2. The van der Waals surface area contributed by atoms with Crippen LogP contribution in [0.3, 0.4) is 0 Å². The van der Waals surface area contributed by atoms with Gasteiger partial charge < -0.3 is 10.1 Å². The average molecular weight is 556 g/mol. The summed E-state index contributed by atoms with van der Waals surface area (Å²) < 4.78 is 45.6. The van der Waals surface area contributed by atoms with Crippen molar-refractivity contribution in [2.24, 2.45) is 0 Å². The number of hydrogen-bond acceptors (Lipinski definition) is 7. The third kappa shape index (κ3) is 6.19. The van der Waals surface area contributed by atoms with Gasteiger partial charge in [-0.25, -0.2) is 14.8 Å². The zero-order chi connectivity index (χ0) is 25.9. The van der Waals surface area contributed by atoms with E-state index in [0.29, 0.717) is 21.2 Å². The molecule has 1 aliphatic carbocycles. The van der Waals surface area contributed by atoms with E-state index in [1.165, 1.54) is 11.3 Å². The average Bonchev–Trinajstić information content (AvgIpc) is 3.20. The van der Waals surface area contributed by atoms with Crippen LogP contribution in [-0.2, 0) is 28.5 Å². The summed E-state index contributed by atoms with van der Waals surface area (Å²) in [5, 5.41) is 3.38. The molecule has 2 aromatic heterocycles. The lowest BCUT2D eigenvalue weighted by molar-refractivity contribution is -0.141. The van der Waals surface area contributed by atoms with Crippen molar-refractivity contribution in [3.8, 4) is 11.3 Å². The van der Waals surface area contributed by atoms with Crippen LogP contribution >= 0.6 is 34.7 Å². The standard InChI is InChI=1S/C24H21ClF3N3O3S2/c1-2-34-22(33)20-15-5-3-4-6-17(15)36-21(20)31-19(32)12-35-23-29-16(11-18(30-23)24(26,27)28)13-7-9-14(25)10-8-13/h7-11H,2-6,12H2,1H3,(H,31,32). The van der Waals surface area contributed by atoms with Gasteiger partial charge in [0.05, 0.1) is 23.6 Å². The number of halogens is 4. The van der Waals surface area contributed by atoms with Crippen molar-refractivity contribution >= 4 is 51.6 Å². The maximum atomic E-state index is 13.5. The number of alkyl halides is 3. The zero-order valence-electron chi connectivity index (χ0n) is 19.1. The SMILES string of the molecule is CCOC(=O)c1c(NC(=O)CSc2nc(-c3ccc(Cl)cc3)cc(C(F)(F)F)n2)sc2c1CCCC2. The molecule has 2 heterocycles. The monoisotopic (exact) mass is 555 g/mol. The number of amides is 1. The summed E-state index contributed by atoms with van der Waals surface area (Å²) in [4.78, 5) is 34.2. The third-order valence-electron chi connectivity index (χ3n) is 5.37. The van der Waals surface area contributed by atoms with E-state index >= 15 is 0 Å². The number of hydrogen-bond donors (Lipinski definition) is 1. The normalized spacial score (nSPS) is 13.2. The molecule has 36 heavy (non-hydrogen) atoms. The lowest BCUT2D eigenvalue weighted by atomic mass is 9.95. The van der Waals surface area contributed by atoms with Gasteiger partial charge in [0, 0.05) is 15.5 Å². The van der Waals surface area contributed by atoms with Crippen LogP contribution in [-0.4, -0.2) is 34.2 Å². The van der Waals surface area contributed by atoms with Crippen LogP contribution in [0.1, 0.15) is 46.3 Å². The molecule has 0 atom stereocenters. The van der Waals surface area contributed by atoms with Crippen LogP contribution in [0.25, 0.3) is 11.3 Å². The van der Waals surface area contributed by atoms with E-state index < -0.39 is 23.7 Å². The van der Waals surface area contributed by atoms with Crippen LogP contribution < -0.4 is 5.32 Å². The smallest absolute Gasteiger partial charge is 0.433 e. The van der Waals surface area contributed by atoms with Gasteiger partial charge in [0.1, 0.15) is 10.7 Å². The summed E-state index contributed by atoms with van der Waals surface area (Å²) in [5.74, 6) is -1.22. The molecule has 3 aromatic rings. The van der Waals surface area contributed by atoms with Gasteiger partial charge >= 0.3 is 12.1 Å². The number of ether oxygens (including phenoxy) is 1. The number of nitrogens with one attached hydrogen (secondary N) is 1. The Balaban J connectivity index is 1.54. The number of thiophene rings is 1. The fourth-order valence-corrected chi connectivity index (χ4v) is 5.85. The molecule has 0 aliphatic heterocycles. The quantitative estimate of drug-likeness (QED) is 0.199. The molecule has 0 spiro atoms. The van der Waals surface area contributed by atoms with E-state index in [0.717, 1.165) is 54.0 Å². The summed E-state index contributed by atoms with van der Waals surface area (Å²) in [6.07, 6.45) is -1.19. The Labute approximate surface area is 218 Å². The molecule has 1 amide bonds. The Morgan fingerprint density at radius 1 is 1.17 bits per heavy atom. The van der Waals surface area contributed by atoms with Gasteiger partial charge in [-0.05, 0) is 56.4 Å². The van der Waals surface area contributed by atoms with Crippen molar-refractivity contribution in [1.29, 1.82) is 0 Å². The van der Waals surface area contributed by atoms with Crippen molar-refractivity contribution in [2.75, 3.05) is 17.7 Å². The molecular formula is C24H21ClF3N3O3S2. The molecule has 1 aliphatic rings. The van der Waals surface area contributed by atoms with Crippen LogP contribution in [0.2, 0.25) is 5.02 Å². The first-order valence-corrected chi connectivity index (χ1v) is 13.3. The highest BCUT2D eigenvalue weighted by Crippen LogP contribution is 2.39. The number of aromatic nitrogens is 2. The van der Waals surface area contributed by atoms with Gasteiger partial charge in [0.15, 0.2) is 5.16 Å². The Bertz CT molecular complexity index is 1280. The molecule has 0 fully saturated rings. The minimum absolute atomic E-state index is 0.0624. The minimum Gasteiger partial charge on any atom is -0.462 e. The number of nitrogens with zero attached hydrogens (tertiary/aromatic N) is 2. The van der Waals surface area contributed by atoms with E-state index in [2.05, 4.69) is 15.3 Å². The fraction of sp³-hybridized carbons (Fsp3) is 0.333. The molecule has 0 radical (unpaired) electrons. The molecule has 0 saturated carbocycles. The summed E-state index contributed by atoms with van der Waals surface area (Å²) >= 11 is 7.99. The Morgan fingerprint density at radius 2 is 1.89 bits per heavy atom. The molecule has 0 saturated heterocycles. The number of esters is 1. The molecule has 1 N–H and O–H groups in total. The lowest BCUT2D eigenvalue weighted by Crippen LogP contribution is -2.17. The van der Waals surface area contributed by atoms with Gasteiger partial charge in [-0.1, -0.05) is 35.5 Å². The number of anilines is 1. The van der Waals surface area contributed by atoms with Crippen molar-refractivity contribution < 1.29 is 27.5 Å². The molecule has 1 aromatic carbocycles. The Kier molecular flexibility index (Phi) is 8.21. The first kappa shape index (κ1) is 26.4. The number of carbonyl (C=O) groups excluding carboxylic acids is 2. The highest BCUT2D eigenvalue weighted by atomic mass is 35.5. The Hall–Kier alpha value is -2.63. The van der Waals surface area contributed by atoms with E-state index in [1.54, 1.807) is 31.2 Å². The van der Waals surface area contributed by atoms with Gasteiger partial charge in [0.2, 0.25) is 5.91 Å². The second-order valence-corrected chi connectivity index (χ2v) is 10.4. The van der Waals surface area contributed by atoms with Crippen LogP contribution in [0.4, 0.5) is 18.2 Å². The summed E-state index contributed by atoms with van der Waals surface area (Å²) in [7, 11) is 0. The molecule has 4 rings (SSSR count). The number of benzene rings is 1. The molecule has 12 heteroatoms. The van der Waals surface area contributed by atoms with Crippen molar-refractivity contribution in [2.45, 2.75) is 43.9 Å². The first-order chi connectivity index (χ1) is 17.2. The molecule has 0 unspecified atom stereocenters. The maximum absolute atomic E-state index is 13.5. The predicted molar refractivity (Wildman–Crippen MR) is 134 cm³/mol. The van der Waals surface area contributed by atoms with Gasteiger partial charge in [-0.15, -0.1) is 11.3 Å². The lowest BCUT2D eigenvalue weighted by Gasteiger charge is -2.12. The Morgan fingerprint density at radius 3 is 2.58 bits per heavy atom. The van der Waals surface area contributed by atoms with E-state index in [4.69, 9.17) is 16.3 Å². The number of fused-ring (bicyclic) bond motifs is 1. The fourth-order valence-electron chi connectivity index (χ4n) is 3.77. The van der Waals surface area contributed by atoms with E-state index in [9.17, 15) is 22.8 Å². The van der Waals surface area contributed by atoms with Crippen LogP contribution in [0, 0.1) is 0 Å². The predicted octanol–water partition coefficient (Wildman–Crippen LogP) is 6.66. The maximum Gasteiger partial charge on any atom is 0.433 e. The van der Waals surface area contributed by atoms with Gasteiger partial charge in [-0.3, -0.25) is 4.79 Å². The summed E-state index contributed by atoms with van der Waals surface area (Å²) in [6.45, 7) is 1.91. The third-order valence-corrected chi connectivity index (χ3v) is 7.68. The van der Waals surface area contributed by atoms with Crippen molar-refractivity contribution in [3.63, 3.8) is 0 Å². The number of thioether (sulfide) groups is 1. The first-order valence-electron chi connectivity index (χ1n) is 11.1. The largest absolute Gasteiger partial charge is 0.462 e. The topological polar surface area (TPSA) is 81.2 Å². The molecular weight excluding hydrogens is 535 g/mol. The van der Waals surface area contributed by atoms with E-state index in [1.807, 2.05) is 0 Å². The zero-order valence-corrected chi connectivity index (χ0v) is 21.5. The van der Waals surface area contributed by atoms with Gasteiger partial charge in [-0.2, -0.15) is 13.2 Å². The van der Waals surface area contributed by atoms with E-state index in [-0.39, 0.29) is 23.2 Å². The van der Waals surface area contributed by atoms with Crippen LogP contribution in [0.15, 0.2) is 35.5 Å². The van der Waals surface area contributed by atoms with Crippen LogP contribution in [0.5, 0.6) is 0 Å². The minimum atomic E-state index is -4.69. The molecule has 6 nitrogen and oxygen atoms in total. The second-order valence-electron chi connectivity index (χ2n) is 7.90. The highest BCUT2D eigenvalue weighted by molar-refractivity contribution is 7.99. The summed E-state index contributed by atoms with van der Waals surface area (Å²) in [6, 6.07) is 7.07. The second kappa shape index (κ2) is 11.2. The highest BCUT2D eigenvalue weighted by Gasteiger charge is 2.34.